The number of hydrogen-bond acceptors (Lipinski definition) is 2. The van der Waals surface area contributed by atoms with Gasteiger partial charge < -0.3 is 4.90 Å². The number of rotatable bonds is 2. The molecule has 2 heterocycles. The molecule has 0 aromatic heterocycles. The van der Waals surface area contributed by atoms with Crippen LogP contribution in [0.3, 0.4) is 0 Å². The van der Waals surface area contributed by atoms with Crippen molar-refractivity contribution in [3.05, 3.63) is 29.3 Å². The summed E-state index contributed by atoms with van der Waals surface area (Å²) in [6.45, 7) is 4.77. The van der Waals surface area contributed by atoms with Gasteiger partial charge in [0.15, 0.2) is 6.67 Å². The highest BCUT2D eigenvalue weighted by Crippen LogP contribution is 2.28. The van der Waals surface area contributed by atoms with E-state index in [0.717, 1.165) is 24.3 Å². The fraction of sp³-hybridized carbons (Fsp3) is 0.529. The van der Waals surface area contributed by atoms with Crippen LogP contribution in [0.25, 0.3) is 0 Å². The molecule has 0 bridgehead atoms. The van der Waals surface area contributed by atoms with Crippen molar-refractivity contribution in [3.8, 4) is 0 Å². The summed E-state index contributed by atoms with van der Waals surface area (Å²) >= 11 is 0. The minimum Gasteiger partial charge on any atom is -0.317 e. The number of carbonyl (C=O) groups is 2. The monoisotopic (exact) mass is 287 g/mol. The van der Waals surface area contributed by atoms with Crippen LogP contribution < -0.4 is 9.80 Å². The number of hydrogen-bond donors (Lipinski definition) is 1. The number of carbonyl (C=O) groups excluding carboxylic acids is 2. The van der Waals surface area contributed by atoms with Crippen molar-refractivity contribution in [2.45, 2.75) is 39.0 Å². The average Bonchev–Trinajstić information content (AvgIpc) is 2.66. The molecule has 0 unspecified atom stereocenters. The smallest absolute Gasteiger partial charge is 0.303 e. The number of likely N-dealkylation sites (tertiary alicyclic amines) is 1. The molecule has 4 heteroatoms. The lowest BCUT2D eigenvalue weighted by atomic mass is 10.1. The Morgan fingerprint density at radius 3 is 2.43 bits per heavy atom. The molecule has 2 aliphatic rings. The first-order valence-corrected chi connectivity index (χ1v) is 7.97. The third-order valence-electron chi connectivity index (χ3n) is 4.57. The van der Waals surface area contributed by atoms with E-state index in [1.165, 1.54) is 37.0 Å². The third kappa shape index (κ3) is 2.86. The molecule has 1 aromatic rings. The molecule has 1 fully saturated rings. The lowest BCUT2D eigenvalue weighted by molar-refractivity contribution is -0.899. The van der Waals surface area contributed by atoms with Gasteiger partial charge in [-0.05, 0) is 44.7 Å². The quantitative estimate of drug-likeness (QED) is 0.834. The van der Waals surface area contributed by atoms with Crippen LogP contribution in [0.5, 0.6) is 0 Å². The number of Topliss-reactive ketones (excluding diaryl/α,β-unsaturated/α-hetero) is 1. The topological polar surface area (TPSA) is 41.8 Å². The van der Waals surface area contributed by atoms with Gasteiger partial charge in [-0.15, -0.1) is 0 Å². The minimum absolute atomic E-state index is 0.347. The molecule has 112 valence electrons. The number of quaternary nitrogens is 1. The van der Waals surface area contributed by atoms with Crippen LogP contribution in [0.4, 0.5) is 5.69 Å². The van der Waals surface area contributed by atoms with Crippen LogP contribution in [0, 0.1) is 6.92 Å². The van der Waals surface area contributed by atoms with E-state index < -0.39 is 0 Å². The Morgan fingerprint density at radius 2 is 1.71 bits per heavy atom. The molecule has 4 nitrogen and oxygen atoms in total. The summed E-state index contributed by atoms with van der Waals surface area (Å²) in [6, 6.07) is 5.72. The summed E-state index contributed by atoms with van der Waals surface area (Å²) in [7, 11) is 0. The summed E-state index contributed by atoms with van der Waals surface area (Å²) in [5.74, 6) is -0.703. The largest absolute Gasteiger partial charge is 0.317 e. The van der Waals surface area contributed by atoms with Crippen molar-refractivity contribution in [1.29, 1.82) is 0 Å². The normalized spacial score (nSPS) is 20.3. The average molecular weight is 287 g/mol. The van der Waals surface area contributed by atoms with Crippen LogP contribution >= 0.6 is 0 Å². The summed E-state index contributed by atoms with van der Waals surface area (Å²) in [5.41, 5.74) is 2.40. The third-order valence-corrected chi connectivity index (χ3v) is 4.57. The van der Waals surface area contributed by atoms with Gasteiger partial charge in [-0.25, -0.2) is 0 Å². The number of fused-ring (bicyclic) bond motifs is 1. The van der Waals surface area contributed by atoms with Crippen LogP contribution in [0.2, 0.25) is 0 Å². The van der Waals surface area contributed by atoms with Gasteiger partial charge in [-0.1, -0.05) is 18.1 Å². The standard InChI is InChI=1S/C17H22N2O2/c1-13-7-8-15-14(11-13)16(20)17(21)19(15)12-18-9-5-3-2-4-6-10-18/h7-8,11H,2-6,9-10,12H2,1H3/p+1. The zero-order valence-corrected chi connectivity index (χ0v) is 12.7. The van der Waals surface area contributed by atoms with E-state index in [-0.39, 0.29) is 11.7 Å². The molecular formula is C17H23N2O2+. The molecule has 1 N–H and O–H groups in total. The number of ketones is 1. The van der Waals surface area contributed by atoms with Crippen LogP contribution in [-0.4, -0.2) is 31.4 Å². The van der Waals surface area contributed by atoms with E-state index in [9.17, 15) is 9.59 Å². The summed E-state index contributed by atoms with van der Waals surface area (Å²) in [5, 5.41) is 0. The predicted molar refractivity (Wildman–Crippen MR) is 81.6 cm³/mol. The van der Waals surface area contributed by atoms with Gasteiger partial charge in [0.1, 0.15) is 0 Å². The van der Waals surface area contributed by atoms with Crippen molar-refractivity contribution < 1.29 is 14.5 Å². The Kier molecular flexibility index (Phi) is 4.06. The van der Waals surface area contributed by atoms with Gasteiger partial charge in [-0.2, -0.15) is 0 Å². The molecule has 0 spiro atoms. The van der Waals surface area contributed by atoms with Crippen molar-refractivity contribution >= 4 is 17.4 Å². The molecule has 0 saturated carbocycles. The van der Waals surface area contributed by atoms with Crippen molar-refractivity contribution in [1.82, 2.24) is 0 Å². The van der Waals surface area contributed by atoms with E-state index >= 15 is 0 Å². The van der Waals surface area contributed by atoms with E-state index in [2.05, 4.69) is 0 Å². The second kappa shape index (κ2) is 5.98. The number of nitrogens with one attached hydrogen (secondary N) is 1. The van der Waals surface area contributed by atoms with Crippen LogP contribution in [0.15, 0.2) is 18.2 Å². The lowest BCUT2D eigenvalue weighted by Crippen LogP contribution is -3.13. The van der Waals surface area contributed by atoms with Gasteiger partial charge in [0.2, 0.25) is 0 Å². The van der Waals surface area contributed by atoms with Crippen molar-refractivity contribution in [2.24, 2.45) is 0 Å². The maximum Gasteiger partial charge on any atom is 0.303 e. The maximum atomic E-state index is 12.3. The Morgan fingerprint density at radius 1 is 1.05 bits per heavy atom. The Hall–Kier alpha value is -1.68. The summed E-state index contributed by atoms with van der Waals surface area (Å²) in [6.07, 6.45) is 6.33. The second-order valence-electron chi connectivity index (χ2n) is 6.26. The van der Waals surface area contributed by atoms with Gasteiger partial charge in [0.25, 0.3) is 5.78 Å². The van der Waals surface area contributed by atoms with Crippen LogP contribution in [0.1, 0.15) is 48.0 Å². The highest BCUT2D eigenvalue weighted by Gasteiger charge is 2.37. The van der Waals surface area contributed by atoms with E-state index in [1.807, 2.05) is 25.1 Å². The summed E-state index contributed by atoms with van der Waals surface area (Å²) < 4.78 is 0. The number of nitrogens with zero attached hydrogens (tertiary/aromatic N) is 1. The molecule has 21 heavy (non-hydrogen) atoms. The SMILES string of the molecule is Cc1ccc2c(c1)C(=O)C(=O)N2C[NH+]1CCCCCCC1. The first-order chi connectivity index (χ1) is 10.2. The Balaban J connectivity index is 1.79. The fourth-order valence-corrected chi connectivity index (χ4v) is 3.36. The molecular weight excluding hydrogens is 264 g/mol. The zero-order valence-electron chi connectivity index (χ0n) is 12.7. The molecule has 2 aliphatic heterocycles. The van der Waals surface area contributed by atoms with Gasteiger partial charge >= 0.3 is 5.91 Å². The highest BCUT2D eigenvalue weighted by atomic mass is 16.2. The number of amides is 1. The van der Waals surface area contributed by atoms with E-state index in [0.29, 0.717) is 12.2 Å². The van der Waals surface area contributed by atoms with Crippen molar-refractivity contribution in [3.63, 3.8) is 0 Å². The van der Waals surface area contributed by atoms with Gasteiger partial charge in [0, 0.05) is 0 Å². The van der Waals surface area contributed by atoms with Crippen molar-refractivity contribution in [2.75, 3.05) is 24.7 Å². The van der Waals surface area contributed by atoms with E-state index in [4.69, 9.17) is 0 Å². The van der Waals surface area contributed by atoms with Gasteiger partial charge in [0.05, 0.1) is 24.3 Å². The Bertz CT molecular complexity index is 560. The number of benzene rings is 1. The lowest BCUT2D eigenvalue weighted by Gasteiger charge is -2.26. The first kappa shape index (κ1) is 14.3. The minimum atomic E-state index is -0.356. The second-order valence-corrected chi connectivity index (χ2v) is 6.26. The molecule has 0 atom stereocenters. The molecule has 1 saturated heterocycles. The fourth-order valence-electron chi connectivity index (χ4n) is 3.36. The summed E-state index contributed by atoms with van der Waals surface area (Å²) in [4.78, 5) is 27.5. The molecule has 3 rings (SSSR count). The molecule has 1 aromatic carbocycles. The maximum absolute atomic E-state index is 12.3. The van der Waals surface area contributed by atoms with E-state index in [1.54, 1.807) is 4.90 Å². The Labute approximate surface area is 125 Å². The number of aryl methyl sites for hydroxylation is 1. The molecule has 0 aliphatic carbocycles. The number of anilines is 1. The van der Waals surface area contributed by atoms with Crippen LogP contribution in [-0.2, 0) is 4.79 Å². The molecule has 0 radical (unpaired) electrons. The highest BCUT2D eigenvalue weighted by molar-refractivity contribution is 6.52. The molecule has 1 amide bonds. The predicted octanol–water partition coefficient (Wildman–Crippen LogP) is 1.33. The first-order valence-electron chi connectivity index (χ1n) is 7.97. The zero-order chi connectivity index (χ0) is 14.8. The van der Waals surface area contributed by atoms with Gasteiger partial charge in [-0.3, -0.25) is 14.5 Å².